The molecule has 1 heterocycles. The minimum Gasteiger partial charge on any atom is -0.478 e. The molecule has 2 aromatic rings. The predicted molar refractivity (Wildman–Crippen MR) is 72.0 cm³/mol. The molecule has 5 nitrogen and oxygen atoms in total. The van der Waals surface area contributed by atoms with E-state index in [4.69, 9.17) is 5.73 Å². The van der Waals surface area contributed by atoms with Crippen LogP contribution in [0.3, 0.4) is 0 Å². The lowest BCUT2D eigenvalue weighted by Crippen LogP contribution is -2.19. The molecule has 0 saturated carbocycles. The molecular formula is C12H13N3O2S. The summed E-state index contributed by atoms with van der Waals surface area (Å²) in [5, 5.41) is 9.17. The zero-order chi connectivity index (χ0) is 13.1. The van der Waals surface area contributed by atoms with Gasteiger partial charge in [0.2, 0.25) is 0 Å². The molecule has 0 amide bonds. The Labute approximate surface area is 108 Å². The molecule has 0 radical (unpaired) electrons. The molecule has 0 unspecified atom stereocenters. The zero-order valence-electron chi connectivity index (χ0n) is 9.83. The fourth-order valence-electron chi connectivity index (χ4n) is 1.70. The quantitative estimate of drug-likeness (QED) is 0.825. The summed E-state index contributed by atoms with van der Waals surface area (Å²) in [6.07, 6.45) is 1.78. The van der Waals surface area contributed by atoms with Gasteiger partial charge in [-0.3, -0.25) is 4.98 Å². The van der Waals surface area contributed by atoms with Crippen LogP contribution in [0.15, 0.2) is 29.9 Å². The Balaban J connectivity index is 2.29. The number of rotatable bonds is 4. The molecule has 0 saturated heterocycles. The second-order valence-electron chi connectivity index (χ2n) is 3.91. The van der Waals surface area contributed by atoms with Crippen LogP contribution in [0.2, 0.25) is 0 Å². The Kier molecular flexibility index (Phi) is 3.47. The number of hydrogen-bond acceptors (Lipinski definition) is 5. The fourth-order valence-corrected chi connectivity index (χ4v) is 2.34. The van der Waals surface area contributed by atoms with E-state index in [1.165, 1.54) is 17.4 Å². The van der Waals surface area contributed by atoms with Crippen molar-refractivity contribution in [3.63, 3.8) is 0 Å². The second kappa shape index (κ2) is 5.05. The van der Waals surface area contributed by atoms with Gasteiger partial charge in [0.05, 0.1) is 23.3 Å². The largest absolute Gasteiger partial charge is 0.478 e. The summed E-state index contributed by atoms with van der Waals surface area (Å²) in [6.45, 7) is 0.620. The number of carboxylic acid groups (broad SMARTS) is 1. The molecule has 0 spiro atoms. The minimum absolute atomic E-state index is 0.210. The summed E-state index contributed by atoms with van der Waals surface area (Å²) in [4.78, 5) is 18.1. The number of nitrogen functional groups attached to an aromatic ring is 1. The van der Waals surface area contributed by atoms with E-state index in [1.807, 2.05) is 11.9 Å². The van der Waals surface area contributed by atoms with Crippen molar-refractivity contribution in [1.29, 1.82) is 0 Å². The zero-order valence-corrected chi connectivity index (χ0v) is 10.6. The predicted octanol–water partition coefficient (Wildman–Crippen LogP) is 2.06. The van der Waals surface area contributed by atoms with Crippen LogP contribution < -0.4 is 10.6 Å². The summed E-state index contributed by atoms with van der Waals surface area (Å²) in [5.74, 6) is -0.978. The number of carbonyl (C=O) groups is 1. The molecule has 3 N–H and O–H groups in total. The third-order valence-electron chi connectivity index (χ3n) is 2.54. The van der Waals surface area contributed by atoms with Crippen LogP contribution in [0, 0.1) is 0 Å². The van der Waals surface area contributed by atoms with Crippen LogP contribution in [0.25, 0.3) is 0 Å². The first kappa shape index (κ1) is 12.4. The Hall–Kier alpha value is -2.08. The minimum atomic E-state index is -0.978. The van der Waals surface area contributed by atoms with Crippen molar-refractivity contribution in [2.75, 3.05) is 17.7 Å². The van der Waals surface area contributed by atoms with Crippen molar-refractivity contribution < 1.29 is 9.90 Å². The normalized spacial score (nSPS) is 10.3. The number of aromatic nitrogens is 1. The third kappa shape index (κ3) is 2.60. The summed E-state index contributed by atoms with van der Waals surface area (Å²) < 4.78 is 0. The summed E-state index contributed by atoms with van der Waals surface area (Å²) in [6, 6.07) is 4.89. The highest BCUT2D eigenvalue weighted by Gasteiger charge is 2.14. The number of nitrogens with two attached hydrogens (primary N) is 1. The second-order valence-corrected chi connectivity index (χ2v) is 4.88. The topological polar surface area (TPSA) is 79.5 Å². The van der Waals surface area contributed by atoms with Gasteiger partial charge in [-0.1, -0.05) is 0 Å². The Bertz CT molecular complexity index is 554. The van der Waals surface area contributed by atoms with Crippen LogP contribution in [-0.4, -0.2) is 23.1 Å². The monoisotopic (exact) mass is 263 g/mol. The first-order valence-electron chi connectivity index (χ1n) is 5.29. The molecule has 0 bridgehead atoms. The van der Waals surface area contributed by atoms with Crippen molar-refractivity contribution in [3.8, 4) is 0 Å². The van der Waals surface area contributed by atoms with Crippen molar-refractivity contribution >= 4 is 28.7 Å². The molecule has 0 aliphatic rings. The van der Waals surface area contributed by atoms with E-state index < -0.39 is 5.97 Å². The number of hydrogen-bond donors (Lipinski definition) is 2. The van der Waals surface area contributed by atoms with Gasteiger partial charge in [0.25, 0.3) is 0 Å². The number of anilines is 2. The number of aromatic carboxylic acids is 1. The highest BCUT2D eigenvalue weighted by atomic mass is 32.1. The molecule has 0 aliphatic heterocycles. The van der Waals surface area contributed by atoms with E-state index in [0.717, 1.165) is 4.88 Å². The van der Waals surface area contributed by atoms with Gasteiger partial charge in [-0.25, -0.2) is 4.79 Å². The number of carboxylic acids is 1. The van der Waals surface area contributed by atoms with Gasteiger partial charge >= 0.3 is 5.97 Å². The average Bonchev–Trinajstić information content (AvgIpc) is 2.81. The number of nitrogens with zero attached hydrogens (tertiary/aromatic N) is 2. The Morgan fingerprint density at radius 2 is 2.33 bits per heavy atom. The van der Waals surface area contributed by atoms with Gasteiger partial charge in [-0.2, -0.15) is 0 Å². The molecule has 2 rings (SSSR count). The van der Waals surface area contributed by atoms with Gasteiger partial charge in [-0.05, 0) is 18.2 Å². The lowest BCUT2D eigenvalue weighted by molar-refractivity contribution is 0.0697. The van der Waals surface area contributed by atoms with Crippen molar-refractivity contribution in [3.05, 3.63) is 40.3 Å². The van der Waals surface area contributed by atoms with Gasteiger partial charge in [0, 0.05) is 23.8 Å². The van der Waals surface area contributed by atoms with E-state index in [2.05, 4.69) is 4.98 Å². The number of benzene rings is 1. The summed E-state index contributed by atoms with van der Waals surface area (Å²) in [7, 11) is 1.84. The SMILES string of the molecule is CN(Cc1cncs1)c1ccc(N)cc1C(=O)O. The molecule has 1 aromatic carbocycles. The molecule has 0 atom stereocenters. The van der Waals surface area contributed by atoms with Crippen LogP contribution in [0.4, 0.5) is 11.4 Å². The van der Waals surface area contributed by atoms with E-state index >= 15 is 0 Å². The fraction of sp³-hybridized carbons (Fsp3) is 0.167. The highest BCUT2D eigenvalue weighted by Crippen LogP contribution is 2.24. The Morgan fingerprint density at radius 3 is 2.94 bits per heavy atom. The van der Waals surface area contributed by atoms with Crippen LogP contribution in [-0.2, 0) is 6.54 Å². The highest BCUT2D eigenvalue weighted by molar-refractivity contribution is 7.09. The van der Waals surface area contributed by atoms with Gasteiger partial charge in [0.15, 0.2) is 0 Å². The molecular weight excluding hydrogens is 250 g/mol. The maximum Gasteiger partial charge on any atom is 0.337 e. The third-order valence-corrected chi connectivity index (χ3v) is 3.30. The van der Waals surface area contributed by atoms with Crippen molar-refractivity contribution in [1.82, 2.24) is 4.98 Å². The molecule has 0 aliphatic carbocycles. The van der Waals surface area contributed by atoms with Gasteiger partial charge in [-0.15, -0.1) is 11.3 Å². The summed E-state index contributed by atoms with van der Waals surface area (Å²) in [5.41, 5.74) is 8.67. The van der Waals surface area contributed by atoms with Crippen molar-refractivity contribution in [2.45, 2.75) is 6.54 Å². The van der Waals surface area contributed by atoms with Gasteiger partial charge < -0.3 is 15.7 Å². The molecule has 6 heteroatoms. The van der Waals surface area contributed by atoms with Crippen LogP contribution >= 0.6 is 11.3 Å². The smallest absolute Gasteiger partial charge is 0.337 e. The first-order chi connectivity index (χ1) is 8.58. The molecule has 18 heavy (non-hydrogen) atoms. The maximum atomic E-state index is 11.2. The molecule has 1 aromatic heterocycles. The lowest BCUT2D eigenvalue weighted by atomic mass is 10.1. The van der Waals surface area contributed by atoms with Crippen LogP contribution in [0.5, 0.6) is 0 Å². The van der Waals surface area contributed by atoms with E-state index in [9.17, 15) is 9.90 Å². The van der Waals surface area contributed by atoms with E-state index in [-0.39, 0.29) is 5.56 Å². The van der Waals surface area contributed by atoms with E-state index in [0.29, 0.717) is 17.9 Å². The number of thiazole rings is 1. The standard InChI is InChI=1S/C12H13N3O2S/c1-15(6-9-5-14-7-18-9)11-3-2-8(13)4-10(11)12(16)17/h2-5,7H,6,13H2,1H3,(H,16,17). The first-order valence-corrected chi connectivity index (χ1v) is 6.17. The Morgan fingerprint density at radius 1 is 1.56 bits per heavy atom. The molecule has 0 fully saturated rings. The van der Waals surface area contributed by atoms with Crippen LogP contribution in [0.1, 0.15) is 15.2 Å². The van der Waals surface area contributed by atoms with Crippen molar-refractivity contribution in [2.24, 2.45) is 0 Å². The molecule has 94 valence electrons. The van der Waals surface area contributed by atoms with Gasteiger partial charge in [0.1, 0.15) is 0 Å². The summed E-state index contributed by atoms with van der Waals surface area (Å²) >= 11 is 1.54. The average molecular weight is 263 g/mol. The van der Waals surface area contributed by atoms with E-state index in [1.54, 1.807) is 23.8 Å². The maximum absolute atomic E-state index is 11.2. The lowest BCUT2D eigenvalue weighted by Gasteiger charge is -2.20.